The molecule has 0 amide bonds. The zero-order valence-corrected chi connectivity index (χ0v) is 14.9. The molecule has 1 unspecified atom stereocenters. The minimum atomic E-state index is 0.0846. The molecule has 5 heteroatoms. The van der Waals surface area contributed by atoms with E-state index in [9.17, 15) is 0 Å². The highest BCUT2D eigenvalue weighted by atomic mass is 16.5. The monoisotopic (exact) mass is 358 g/mol. The van der Waals surface area contributed by atoms with E-state index in [4.69, 9.17) is 18.9 Å². The highest BCUT2D eigenvalue weighted by Gasteiger charge is 2.26. The molecule has 0 saturated heterocycles. The molecule has 0 fully saturated rings. The summed E-state index contributed by atoms with van der Waals surface area (Å²) in [6, 6.07) is 15.9. The van der Waals surface area contributed by atoms with Gasteiger partial charge >= 0.3 is 0 Å². The molecular formula is C22H18N2O3. The fraction of sp³-hybridized carbons (Fsp3) is 0.182. The predicted molar refractivity (Wildman–Crippen MR) is 102 cm³/mol. The van der Waals surface area contributed by atoms with Gasteiger partial charge in [0.2, 0.25) is 5.89 Å². The number of nitrogens with zero attached hydrogens (tertiary/aromatic N) is 2. The van der Waals surface area contributed by atoms with Crippen molar-refractivity contribution in [2.24, 2.45) is 0 Å². The normalized spacial score (nSPS) is 16.0. The first-order valence-electron chi connectivity index (χ1n) is 8.91. The zero-order chi connectivity index (χ0) is 18.2. The Labute approximate surface area is 156 Å². The number of fused-ring (bicyclic) bond motifs is 2. The Kier molecular flexibility index (Phi) is 3.78. The van der Waals surface area contributed by atoms with Gasteiger partial charge in [-0.2, -0.15) is 0 Å². The molecule has 2 aromatic heterocycles. The molecule has 0 aliphatic carbocycles. The Balaban J connectivity index is 1.47. The number of hydrogen-bond acceptors (Lipinski definition) is 5. The summed E-state index contributed by atoms with van der Waals surface area (Å²) in [5, 5.41) is 0. The van der Waals surface area contributed by atoms with Crippen LogP contribution in [-0.2, 0) is 6.42 Å². The fourth-order valence-corrected chi connectivity index (χ4v) is 3.50. The number of rotatable bonds is 3. The summed E-state index contributed by atoms with van der Waals surface area (Å²) in [6.45, 7) is 0.559. The van der Waals surface area contributed by atoms with Gasteiger partial charge in [-0.25, -0.2) is 4.98 Å². The van der Waals surface area contributed by atoms with Gasteiger partial charge in [-0.1, -0.05) is 6.07 Å². The number of aromatic nitrogens is 2. The van der Waals surface area contributed by atoms with Gasteiger partial charge in [0.25, 0.3) is 0 Å². The van der Waals surface area contributed by atoms with Crippen molar-refractivity contribution in [2.45, 2.75) is 12.3 Å². The van der Waals surface area contributed by atoms with Crippen molar-refractivity contribution >= 4 is 11.1 Å². The molecule has 1 aliphatic rings. The Bertz CT molecular complexity index is 1110. The van der Waals surface area contributed by atoms with Crippen LogP contribution < -0.4 is 9.47 Å². The van der Waals surface area contributed by atoms with E-state index in [2.05, 4.69) is 11.1 Å². The number of ether oxygens (including phenoxy) is 2. The van der Waals surface area contributed by atoms with E-state index in [1.165, 1.54) is 0 Å². The van der Waals surface area contributed by atoms with Crippen LogP contribution in [0.2, 0.25) is 0 Å². The van der Waals surface area contributed by atoms with Gasteiger partial charge in [0.15, 0.2) is 5.58 Å². The quantitative estimate of drug-likeness (QED) is 0.535. The van der Waals surface area contributed by atoms with Crippen molar-refractivity contribution in [3.63, 3.8) is 0 Å². The summed E-state index contributed by atoms with van der Waals surface area (Å²) < 4.78 is 17.3. The van der Waals surface area contributed by atoms with Crippen LogP contribution in [0.3, 0.4) is 0 Å². The molecule has 0 spiro atoms. The maximum atomic E-state index is 6.10. The Hall–Kier alpha value is -3.34. The van der Waals surface area contributed by atoms with Crippen molar-refractivity contribution in [3.8, 4) is 22.6 Å². The second-order valence-corrected chi connectivity index (χ2v) is 6.66. The van der Waals surface area contributed by atoms with Gasteiger partial charge in [-0.3, -0.25) is 4.98 Å². The van der Waals surface area contributed by atoms with E-state index in [1.807, 2.05) is 42.5 Å². The molecule has 1 aliphatic heterocycles. The lowest BCUT2D eigenvalue weighted by molar-refractivity contribution is 0.243. The van der Waals surface area contributed by atoms with Gasteiger partial charge in [0, 0.05) is 12.4 Å². The van der Waals surface area contributed by atoms with Crippen LogP contribution in [-0.4, -0.2) is 23.7 Å². The van der Waals surface area contributed by atoms with Crippen LogP contribution in [0.15, 0.2) is 65.3 Å². The summed E-state index contributed by atoms with van der Waals surface area (Å²) in [5.74, 6) is 2.53. The van der Waals surface area contributed by atoms with Gasteiger partial charge < -0.3 is 13.9 Å². The molecule has 4 aromatic rings. The first-order valence-corrected chi connectivity index (χ1v) is 8.91. The number of methoxy groups -OCH3 is 1. The third kappa shape index (κ3) is 2.91. The number of hydrogen-bond donors (Lipinski definition) is 0. The summed E-state index contributed by atoms with van der Waals surface area (Å²) in [4.78, 5) is 8.77. The zero-order valence-electron chi connectivity index (χ0n) is 14.9. The minimum Gasteiger partial charge on any atom is -0.497 e. The molecule has 5 nitrogen and oxygen atoms in total. The first kappa shape index (κ1) is 15.9. The summed E-state index contributed by atoms with van der Waals surface area (Å²) in [7, 11) is 1.67. The number of oxazole rings is 1. The smallest absolute Gasteiger partial charge is 0.202 e. The molecule has 0 radical (unpaired) electrons. The fourth-order valence-electron chi connectivity index (χ4n) is 3.50. The molecule has 5 rings (SSSR count). The lowest BCUT2D eigenvalue weighted by Crippen LogP contribution is -2.19. The third-order valence-electron chi connectivity index (χ3n) is 4.94. The van der Waals surface area contributed by atoms with E-state index >= 15 is 0 Å². The predicted octanol–water partition coefficient (Wildman–Crippen LogP) is 4.62. The molecule has 27 heavy (non-hydrogen) atoms. The highest BCUT2D eigenvalue weighted by Crippen LogP contribution is 2.35. The van der Waals surface area contributed by atoms with E-state index in [-0.39, 0.29) is 5.92 Å². The van der Waals surface area contributed by atoms with Gasteiger partial charge in [0.05, 0.1) is 13.0 Å². The van der Waals surface area contributed by atoms with Crippen LogP contribution in [0.1, 0.15) is 17.4 Å². The Morgan fingerprint density at radius 1 is 1.00 bits per heavy atom. The first-order chi connectivity index (χ1) is 13.3. The van der Waals surface area contributed by atoms with Crippen molar-refractivity contribution in [3.05, 3.63) is 72.4 Å². The Morgan fingerprint density at radius 3 is 2.74 bits per heavy atom. The maximum Gasteiger partial charge on any atom is 0.202 e. The molecule has 0 N–H and O–H groups in total. The van der Waals surface area contributed by atoms with Crippen molar-refractivity contribution in [1.82, 2.24) is 9.97 Å². The van der Waals surface area contributed by atoms with Crippen LogP contribution in [0.5, 0.6) is 11.5 Å². The molecule has 0 bridgehead atoms. The molecule has 134 valence electrons. The SMILES string of the molecule is COc1ccc2c(c1)CC(c1nc3ccc(-c4ccncc4)cc3o1)CO2. The van der Waals surface area contributed by atoms with Crippen LogP contribution in [0, 0.1) is 0 Å². The summed E-state index contributed by atoms with van der Waals surface area (Å²) in [6.07, 6.45) is 4.39. The molecule has 2 aromatic carbocycles. The average molecular weight is 358 g/mol. The summed E-state index contributed by atoms with van der Waals surface area (Å²) >= 11 is 0. The van der Waals surface area contributed by atoms with E-state index in [0.29, 0.717) is 12.5 Å². The number of benzene rings is 2. The molecular weight excluding hydrogens is 340 g/mol. The van der Waals surface area contributed by atoms with Crippen molar-refractivity contribution in [1.29, 1.82) is 0 Å². The molecule has 1 atom stereocenters. The second-order valence-electron chi connectivity index (χ2n) is 6.66. The third-order valence-corrected chi connectivity index (χ3v) is 4.94. The maximum absolute atomic E-state index is 6.10. The lowest BCUT2D eigenvalue weighted by atomic mass is 9.96. The van der Waals surface area contributed by atoms with E-state index < -0.39 is 0 Å². The number of pyridine rings is 1. The summed E-state index contributed by atoms with van der Waals surface area (Å²) in [5.41, 5.74) is 4.95. The van der Waals surface area contributed by atoms with Crippen LogP contribution in [0.4, 0.5) is 0 Å². The van der Waals surface area contributed by atoms with Crippen molar-refractivity contribution in [2.75, 3.05) is 13.7 Å². The molecule has 3 heterocycles. The van der Waals surface area contributed by atoms with Gasteiger partial charge in [-0.05, 0) is 65.6 Å². The standard InChI is InChI=1S/C22H18N2O3/c1-25-18-3-5-20-16(11-18)10-17(13-26-20)22-24-19-4-2-15(12-21(19)27-22)14-6-8-23-9-7-14/h2-9,11-12,17H,10,13H2,1H3. The van der Waals surface area contributed by atoms with E-state index in [1.54, 1.807) is 19.5 Å². The largest absolute Gasteiger partial charge is 0.497 e. The Morgan fingerprint density at radius 2 is 1.89 bits per heavy atom. The highest BCUT2D eigenvalue weighted by molar-refractivity contribution is 5.80. The second kappa shape index (κ2) is 6.43. The van der Waals surface area contributed by atoms with Crippen molar-refractivity contribution < 1.29 is 13.9 Å². The lowest BCUT2D eigenvalue weighted by Gasteiger charge is -2.23. The average Bonchev–Trinajstić information content (AvgIpc) is 3.17. The minimum absolute atomic E-state index is 0.0846. The van der Waals surface area contributed by atoms with Crippen LogP contribution in [0.25, 0.3) is 22.2 Å². The molecule has 0 saturated carbocycles. The van der Waals surface area contributed by atoms with Crippen LogP contribution >= 0.6 is 0 Å². The topological polar surface area (TPSA) is 57.4 Å². The van der Waals surface area contributed by atoms with Gasteiger partial charge in [-0.15, -0.1) is 0 Å². The van der Waals surface area contributed by atoms with E-state index in [0.717, 1.165) is 45.7 Å². The van der Waals surface area contributed by atoms with Gasteiger partial charge in [0.1, 0.15) is 23.6 Å².